The van der Waals surface area contributed by atoms with Gasteiger partial charge in [0.05, 0.1) is 41.0 Å². The molecular weight excluding hydrogens is 604 g/mol. The smallest absolute Gasteiger partial charge is 0.301 e. The van der Waals surface area contributed by atoms with E-state index in [2.05, 4.69) is 27.7 Å². The Hall–Kier alpha value is -3.81. The van der Waals surface area contributed by atoms with Gasteiger partial charge < -0.3 is 18.9 Å². The summed E-state index contributed by atoms with van der Waals surface area (Å²) >= 11 is -2.30. The Morgan fingerprint density at radius 1 is 0.977 bits per heavy atom. The molecule has 1 aliphatic rings. The molecule has 3 aromatic carbocycles. The largest absolute Gasteiger partial charge is 0.748 e. The van der Waals surface area contributed by atoms with Crippen molar-refractivity contribution in [1.29, 1.82) is 0 Å². The van der Waals surface area contributed by atoms with Crippen LogP contribution in [0.2, 0.25) is 0 Å². The van der Waals surface area contributed by atoms with Crippen LogP contribution in [-0.2, 0) is 32.2 Å². The van der Waals surface area contributed by atoms with E-state index >= 15 is 0 Å². The van der Waals surface area contributed by atoms with Crippen LogP contribution in [0.15, 0.2) is 84.7 Å². The fourth-order valence-electron chi connectivity index (χ4n) is 5.25. The average molecular weight is 639 g/mol. The Morgan fingerprint density at radius 3 is 2.55 bits per heavy atom. The van der Waals surface area contributed by atoms with E-state index in [4.69, 9.17) is 18.2 Å². The number of fused-ring (bicyclic) bond motifs is 2. The van der Waals surface area contributed by atoms with E-state index in [1.165, 1.54) is 0 Å². The van der Waals surface area contributed by atoms with Crippen molar-refractivity contribution in [2.24, 2.45) is 0 Å². The first-order valence-electron chi connectivity index (χ1n) is 14.3. The fraction of sp³-hybridized carbons (Fsp3) is 0.281. The number of benzene rings is 3. The van der Waals surface area contributed by atoms with Crippen LogP contribution in [0.5, 0.6) is 11.5 Å². The molecule has 232 valence electrons. The highest BCUT2D eigenvalue weighted by Crippen LogP contribution is 2.42. The van der Waals surface area contributed by atoms with Gasteiger partial charge in [-0.3, -0.25) is 8.74 Å². The summed E-state index contributed by atoms with van der Waals surface area (Å²) in [5, 5.41) is 0.948. The van der Waals surface area contributed by atoms with Gasteiger partial charge in [-0.25, -0.2) is 8.42 Å². The Labute approximate surface area is 259 Å². The van der Waals surface area contributed by atoms with Crippen LogP contribution < -0.4 is 18.9 Å². The first-order valence-corrected chi connectivity index (χ1v) is 16.9. The van der Waals surface area contributed by atoms with Gasteiger partial charge in [0.1, 0.15) is 12.3 Å². The number of hydrogen-bond acceptors (Lipinski definition) is 8. The van der Waals surface area contributed by atoms with Crippen molar-refractivity contribution in [2.75, 3.05) is 30.9 Å². The highest BCUT2D eigenvalue weighted by molar-refractivity contribution is 7.85. The first-order chi connectivity index (χ1) is 21.2. The lowest BCUT2D eigenvalue weighted by atomic mass is 10.0. The SMILES string of the molecule is COc1ccc2c(ccc(/C=C3\Oc4ccc(-c5ccccc5)cc4N3CCCCOS(=O)O)[n+]2CCCCS(=O)(=O)[O-])c1. The van der Waals surface area contributed by atoms with Crippen molar-refractivity contribution >= 4 is 44.1 Å². The van der Waals surface area contributed by atoms with Crippen LogP contribution >= 0.6 is 0 Å². The maximum absolute atomic E-state index is 11.2. The highest BCUT2D eigenvalue weighted by atomic mass is 32.2. The van der Waals surface area contributed by atoms with Crippen molar-refractivity contribution in [3.63, 3.8) is 0 Å². The lowest BCUT2D eigenvalue weighted by Gasteiger charge is -2.19. The zero-order valence-electron chi connectivity index (χ0n) is 24.3. The van der Waals surface area contributed by atoms with Crippen LogP contribution in [0, 0.1) is 0 Å². The zero-order valence-corrected chi connectivity index (χ0v) is 25.9. The van der Waals surface area contributed by atoms with Crippen LogP contribution in [-0.4, -0.2) is 47.7 Å². The molecule has 0 aliphatic carbocycles. The number of methoxy groups -OCH3 is 1. The quantitative estimate of drug-likeness (QED) is 0.0851. The van der Waals surface area contributed by atoms with Gasteiger partial charge in [-0.15, -0.1) is 0 Å². The topological polar surface area (TPSA) is 129 Å². The molecule has 0 spiro atoms. The van der Waals surface area contributed by atoms with Gasteiger partial charge >= 0.3 is 11.4 Å². The number of unbranched alkanes of at least 4 members (excludes halogenated alkanes) is 2. The first kappa shape index (κ1) is 31.6. The third-order valence-corrected chi connectivity index (χ3v) is 8.52. The van der Waals surface area contributed by atoms with Crippen molar-refractivity contribution < 1.29 is 40.0 Å². The minimum atomic E-state index is -4.29. The zero-order chi connectivity index (χ0) is 31.1. The van der Waals surface area contributed by atoms with Crippen LogP contribution in [0.1, 0.15) is 31.4 Å². The van der Waals surface area contributed by atoms with E-state index in [0.29, 0.717) is 44.0 Å². The lowest BCUT2D eigenvalue weighted by molar-refractivity contribution is -0.673. The number of rotatable bonds is 14. The second-order valence-electron chi connectivity index (χ2n) is 10.3. The van der Waals surface area contributed by atoms with Gasteiger partial charge in [0.25, 0.3) is 0 Å². The summed E-state index contributed by atoms with van der Waals surface area (Å²) in [5.41, 5.74) is 4.79. The minimum absolute atomic E-state index is 0.154. The van der Waals surface area contributed by atoms with Crippen molar-refractivity contribution in [2.45, 2.75) is 32.2 Å². The third kappa shape index (κ3) is 8.01. The van der Waals surface area contributed by atoms with Crippen LogP contribution in [0.4, 0.5) is 5.69 Å². The van der Waals surface area contributed by atoms with E-state index in [1.807, 2.05) is 66.7 Å². The molecule has 4 aromatic rings. The molecule has 12 heteroatoms. The van der Waals surface area contributed by atoms with E-state index in [1.54, 1.807) is 7.11 Å². The maximum atomic E-state index is 11.2. The standard InChI is InChI=1S/C32H34N2O8S2/c1-40-28-14-15-29-26(21-28)11-13-27(33(29)17-6-8-20-44(37,38)39)23-32-34(18-5-7-19-41-43(35)36)30-22-25(12-16-31(30)42-32)24-9-3-2-4-10-24/h2-4,9-16,21-23H,5-8,17-20H2,1H3,(H-,35,36,37,38,39). The predicted molar refractivity (Wildman–Crippen MR) is 168 cm³/mol. The Bertz CT molecular complexity index is 1780. The molecule has 2 heterocycles. The van der Waals surface area contributed by atoms with Crippen molar-refractivity contribution in [1.82, 2.24) is 0 Å². The van der Waals surface area contributed by atoms with E-state index < -0.39 is 27.2 Å². The molecule has 0 radical (unpaired) electrons. The molecule has 1 N–H and O–H groups in total. The number of aryl methyl sites for hydroxylation is 1. The van der Waals surface area contributed by atoms with Crippen LogP contribution in [0.25, 0.3) is 28.1 Å². The van der Waals surface area contributed by atoms with Gasteiger partial charge in [0.2, 0.25) is 17.1 Å². The second-order valence-corrected chi connectivity index (χ2v) is 12.5. The normalized spacial score (nSPS) is 14.5. The molecule has 0 saturated heterocycles. The van der Waals surface area contributed by atoms with Crippen molar-refractivity contribution in [3.8, 4) is 22.6 Å². The summed E-state index contributed by atoms with van der Waals surface area (Å²) in [6.45, 7) is 1.21. The third-order valence-electron chi connectivity index (χ3n) is 7.37. The van der Waals surface area contributed by atoms with Gasteiger partial charge in [-0.1, -0.05) is 36.4 Å². The maximum Gasteiger partial charge on any atom is 0.301 e. The Kier molecular flexibility index (Phi) is 10.3. The Morgan fingerprint density at radius 2 is 1.80 bits per heavy atom. The second kappa shape index (κ2) is 14.3. The number of nitrogens with zero attached hydrogens (tertiary/aromatic N) is 2. The molecule has 5 rings (SSSR count). The molecule has 44 heavy (non-hydrogen) atoms. The molecule has 10 nitrogen and oxygen atoms in total. The number of anilines is 1. The van der Waals surface area contributed by atoms with E-state index in [-0.39, 0.29) is 13.0 Å². The van der Waals surface area contributed by atoms with Gasteiger partial charge in [-0.2, -0.15) is 8.78 Å². The number of aromatic nitrogens is 1. The highest BCUT2D eigenvalue weighted by Gasteiger charge is 2.28. The molecular formula is C32H34N2O8S2. The molecule has 0 bridgehead atoms. The summed E-state index contributed by atoms with van der Waals surface area (Å²) in [4.78, 5) is 2.09. The molecule has 1 aliphatic heterocycles. The summed E-state index contributed by atoms with van der Waals surface area (Å²) in [6.07, 6.45) is 3.94. The van der Waals surface area contributed by atoms with Crippen LogP contribution in [0.3, 0.4) is 0 Å². The van der Waals surface area contributed by atoms with Gasteiger partial charge in [0.15, 0.2) is 5.75 Å². The van der Waals surface area contributed by atoms with Gasteiger partial charge in [0, 0.05) is 30.9 Å². The molecule has 1 atom stereocenters. The monoisotopic (exact) mass is 638 g/mol. The average Bonchev–Trinajstić information content (AvgIpc) is 3.35. The van der Waals surface area contributed by atoms with Crippen molar-refractivity contribution in [3.05, 3.63) is 90.4 Å². The van der Waals surface area contributed by atoms with E-state index in [9.17, 15) is 17.2 Å². The lowest BCUT2D eigenvalue weighted by Crippen LogP contribution is -2.38. The molecule has 0 amide bonds. The number of hydrogen-bond donors (Lipinski definition) is 1. The number of pyridine rings is 1. The summed E-state index contributed by atoms with van der Waals surface area (Å²) in [5.74, 6) is 1.63. The molecule has 0 fully saturated rings. The fourth-order valence-corrected chi connectivity index (χ4v) is 6.06. The minimum Gasteiger partial charge on any atom is -0.748 e. The molecule has 1 unspecified atom stereocenters. The summed E-state index contributed by atoms with van der Waals surface area (Å²) < 4.78 is 72.1. The molecule has 1 aromatic heterocycles. The van der Waals surface area contributed by atoms with E-state index in [0.717, 1.165) is 39.2 Å². The summed E-state index contributed by atoms with van der Waals surface area (Å²) in [7, 11) is -2.68. The number of ether oxygens (including phenoxy) is 2. The predicted octanol–water partition coefficient (Wildman–Crippen LogP) is 5.26. The van der Waals surface area contributed by atoms with Gasteiger partial charge in [-0.05, 0) is 60.7 Å². The molecule has 0 saturated carbocycles. The summed E-state index contributed by atoms with van der Waals surface area (Å²) in [6, 6.07) is 25.9. The Balaban J connectivity index is 1.50.